The van der Waals surface area contributed by atoms with Crippen molar-refractivity contribution in [3.63, 3.8) is 0 Å². The molecule has 1 aliphatic carbocycles. The Balaban J connectivity index is 1.73. The maximum atomic E-state index is 3.65. The lowest BCUT2D eigenvalue weighted by Crippen LogP contribution is -2.46. The molecule has 0 radical (unpaired) electrons. The van der Waals surface area contributed by atoms with Gasteiger partial charge >= 0.3 is 0 Å². The fraction of sp³-hybridized carbons (Fsp3) is 1.00. The Kier molecular flexibility index (Phi) is 4.26. The molecule has 16 heavy (non-hydrogen) atoms. The zero-order valence-electron chi connectivity index (χ0n) is 11.2. The van der Waals surface area contributed by atoms with Crippen LogP contribution in [0.15, 0.2) is 0 Å². The quantitative estimate of drug-likeness (QED) is 0.772. The van der Waals surface area contributed by atoms with Crippen LogP contribution < -0.4 is 5.32 Å². The summed E-state index contributed by atoms with van der Waals surface area (Å²) in [6, 6.07) is 2.42. The third-order valence-corrected chi connectivity index (χ3v) is 4.38. The number of hydrogen-bond acceptors (Lipinski definition) is 2. The summed E-state index contributed by atoms with van der Waals surface area (Å²) in [4.78, 5) is 2.73. The summed E-state index contributed by atoms with van der Waals surface area (Å²) >= 11 is 0. The van der Waals surface area contributed by atoms with Gasteiger partial charge in [0.1, 0.15) is 0 Å². The van der Waals surface area contributed by atoms with Crippen molar-refractivity contribution in [2.45, 2.75) is 71.0 Å². The highest BCUT2D eigenvalue weighted by Gasteiger charge is 2.28. The van der Waals surface area contributed by atoms with E-state index in [1.807, 2.05) is 0 Å². The van der Waals surface area contributed by atoms with Crippen molar-refractivity contribution in [3.8, 4) is 0 Å². The van der Waals surface area contributed by atoms with Gasteiger partial charge in [-0.1, -0.05) is 13.3 Å². The molecule has 1 saturated carbocycles. The van der Waals surface area contributed by atoms with Gasteiger partial charge in [-0.15, -0.1) is 0 Å². The SMILES string of the molecule is CC1CNC(CCN(C(C)C)C2CCC2)C1. The average Bonchev–Trinajstić information content (AvgIpc) is 2.55. The minimum Gasteiger partial charge on any atom is -0.314 e. The third kappa shape index (κ3) is 2.98. The predicted molar refractivity (Wildman–Crippen MR) is 69.7 cm³/mol. The predicted octanol–water partition coefficient (Wildman–Crippen LogP) is 2.64. The Morgan fingerprint density at radius 3 is 2.50 bits per heavy atom. The van der Waals surface area contributed by atoms with E-state index in [9.17, 15) is 0 Å². The summed E-state index contributed by atoms with van der Waals surface area (Å²) in [7, 11) is 0. The second-order valence-corrected chi connectivity index (χ2v) is 6.15. The van der Waals surface area contributed by atoms with Gasteiger partial charge in [0.2, 0.25) is 0 Å². The summed E-state index contributed by atoms with van der Waals surface area (Å²) in [5, 5.41) is 3.65. The van der Waals surface area contributed by atoms with E-state index >= 15 is 0 Å². The Hall–Kier alpha value is -0.0800. The van der Waals surface area contributed by atoms with Crippen molar-refractivity contribution in [1.29, 1.82) is 0 Å². The molecule has 1 aliphatic heterocycles. The summed E-state index contributed by atoms with van der Waals surface area (Å²) in [5.41, 5.74) is 0. The first-order valence-corrected chi connectivity index (χ1v) is 7.16. The second kappa shape index (κ2) is 5.50. The van der Waals surface area contributed by atoms with E-state index in [0.717, 1.165) is 24.0 Å². The summed E-state index contributed by atoms with van der Waals surface area (Å²) in [5.74, 6) is 0.890. The molecule has 0 spiro atoms. The topological polar surface area (TPSA) is 15.3 Å². The molecule has 2 unspecified atom stereocenters. The highest BCUT2D eigenvalue weighted by molar-refractivity contribution is 4.85. The van der Waals surface area contributed by atoms with Crippen molar-refractivity contribution >= 4 is 0 Å². The lowest BCUT2D eigenvalue weighted by atomic mass is 9.90. The van der Waals surface area contributed by atoms with Crippen LogP contribution in [-0.2, 0) is 0 Å². The first-order valence-electron chi connectivity index (χ1n) is 7.16. The van der Waals surface area contributed by atoms with Gasteiger partial charge < -0.3 is 5.32 Å². The summed E-state index contributed by atoms with van der Waals surface area (Å²) < 4.78 is 0. The van der Waals surface area contributed by atoms with Crippen LogP contribution in [-0.4, -0.2) is 36.1 Å². The molecular weight excluding hydrogens is 196 g/mol. The van der Waals surface area contributed by atoms with Gasteiger partial charge in [-0.25, -0.2) is 0 Å². The van der Waals surface area contributed by atoms with Gasteiger partial charge in [-0.05, 0) is 52.0 Å². The second-order valence-electron chi connectivity index (χ2n) is 6.15. The summed E-state index contributed by atoms with van der Waals surface area (Å²) in [6.07, 6.45) is 7.06. The van der Waals surface area contributed by atoms with E-state index in [2.05, 4.69) is 31.0 Å². The van der Waals surface area contributed by atoms with Crippen LogP contribution in [0.4, 0.5) is 0 Å². The van der Waals surface area contributed by atoms with Crippen LogP contribution in [0.5, 0.6) is 0 Å². The molecule has 0 bridgehead atoms. The zero-order valence-corrected chi connectivity index (χ0v) is 11.2. The van der Waals surface area contributed by atoms with Crippen molar-refractivity contribution < 1.29 is 0 Å². The lowest BCUT2D eigenvalue weighted by Gasteiger charge is -2.40. The smallest absolute Gasteiger partial charge is 0.00979 e. The standard InChI is InChI=1S/C14H28N2/c1-11(2)16(14-5-4-6-14)8-7-13-9-12(3)10-15-13/h11-15H,4-10H2,1-3H3. The van der Waals surface area contributed by atoms with E-state index in [4.69, 9.17) is 0 Å². The average molecular weight is 224 g/mol. The molecule has 1 saturated heterocycles. The Morgan fingerprint density at radius 1 is 1.31 bits per heavy atom. The van der Waals surface area contributed by atoms with Crippen molar-refractivity contribution in [1.82, 2.24) is 10.2 Å². The Morgan fingerprint density at radius 2 is 2.06 bits per heavy atom. The zero-order chi connectivity index (χ0) is 11.5. The Labute approximate surface area is 101 Å². The van der Waals surface area contributed by atoms with Gasteiger partial charge in [0.25, 0.3) is 0 Å². The number of rotatable bonds is 5. The molecule has 0 aromatic rings. The van der Waals surface area contributed by atoms with E-state index in [1.165, 1.54) is 45.2 Å². The number of nitrogens with zero attached hydrogens (tertiary/aromatic N) is 1. The van der Waals surface area contributed by atoms with Crippen LogP contribution in [0, 0.1) is 5.92 Å². The molecular formula is C14H28N2. The maximum Gasteiger partial charge on any atom is 0.00979 e. The number of hydrogen-bond donors (Lipinski definition) is 1. The van der Waals surface area contributed by atoms with Crippen molar-refractivity contribution in [2.75, 3.05) is 13.1 Å². The van der Waals surface area contributed by atoms with Gasteiger partial charge in [0, 0.05) is 24.7 Å². The molecule has 2 fully saturated rings. The fourth-order valence-electron chi connectivity index (χ4n) is 3.13. The molecule has 0 aromatic heterocycles. The van der Waals surface area contributed by atoms with Gasteiger partial charge in [-0.3, -0.25) is 4.90 Å². The Bertz CT molecular complexity index is 211. The molecule has 0 amide bonds. The van der Waals surface area contributed by atoms with Gasteiger partial charge in [0.05, 0.1) is 0 Å². The molecule has 2 atom stereocenters. The molecule has 1 N–H and O–H groups in total. The van der Waals surface area contributed by atoms with E-state index < -0.39 is 0 Å². The highest BCUT2D eigenvalue weighted by atomic mass is 15.2. The van der Waals surface area contributed by atoms with Crippen LogP contribution >= 0.6 is 0 Å². The van der Waals surface area contributed by atoms with Crippen molar-refractivity contribution in [2.24, 2.45) is 5.92 Å². The minimum absolute atomic E-state index is 0.726. The molecule has 94 valence electrons. The van der Waals surface area contributed by atoms with Crippen LogP contribution in [0.1, 0.15) is 52.9 Å². The molecule has 1 heterocycles. The highest BCUT2D eigenvalue weighted by Crippen LogP contribution is 2.27. The maximum absolute atomic E-state index is 3.65. The molecule has 0 aromatic carbocycles. The van der Waals surface area contributed by atoms with E-state index in [1.54, 1.807) is 0 Å². The minimum atomic E-state index is 0.726. The number of nitrogens with one attached hydrogen (secondary N) is 1. The summed E-state index contributed by atoms with van der Waals surface area (Å²) in [6.45, 7) is 9.59. The van der Waals surface area contributed by atoms with Crippen molar-refractivity contribution in [3.05, 3.63) is 0 Å². The first kappa shape index (κ1) is 12.4. The molecule has 2 rings (SSSR count). The monoisotopic (exact) mass is 224 g/mol. The lowest BCUT2D eigenvalue weighted by molar-refractivity contribution is 0.0901. The molecule has 2 nitrogen and oxygen atoms in total. The van der Waals surface area contributed by atoms with Crippen LogP contribution in [0.2, 0.25) is 0 Å². The fourth-order valence-corrected chi connectivity index (χ4v) is 3.13. The largest absolute Gasteiger partial charge is 0.314 e. The van der Waals surface area contributed by atoms with E-state index in [0.29, 0.717) is 0 Å². The normalized spacial score (nSPS) is 31.3. The van der Waals surface area contributed by atoms with Crippen LogP contribution in [0.3, 0.4) is 0 Å². The van der Waals surface area contributed by atoms with E-state index in [-0.39, 0.29) is 0 Å². The van der Waals surface area contributed by atoms with Crippen LogP contribution in [0.25, 0.3) is 0 Å². The molecule has 2 aliphatic rings. The van der Waals surface area contributed by atoms with Gasteiger partial charge in [0.15, 0.2) is 0 Å². The van der Waals surface area contributed by atoms with Gasteiger partial charge in [-0.2, -0.15) is 0 Å². The third-order valence-electron chi connectivity index (χ3n) is 4.38. The first-order chi connectivity index (χ1) is 7.66. The molecule has 2 heteroatoms.